The number of aliphatic carboxylic acids is 1. The van der Waals surface area contributed by atoms with E-state index in [0.29, 0.717) is 31.2 Å². The summed E-state index contributed by atoms with van der Waals surface area (Å²) in [5.74, 6) is -0.0208. The van der Waals surface area contributed by atoms with Crippen LogP contribution in [-0.4, -0.2) is 40.1 Å². The molecule has 0 spiro atoms. The van der Waals surface area contributed by atoms with Gasteiger partial charge >= 0.3 is 12.0 Å². The van der Waals surface area contributed by atoms with Crippen LogP contribution in [0.4, 0.5) is 4.79 Å². The van der Waals surface area contributed by atoms with Gasteiger partial charge in [0.25, 0.3) is 0 Å². The number of carboxylic acids is 1. The highest BCUT2D eigenvalue weighted by Crippen LogP contribution is 2.32. The van der Waals surface area contributed by atoms with E-state index in [2.05, 4.69) is 26.1 Å². The smallest absolute Gasteiger partial charge is 0.329 e. The van der Waals surface area contributed by atoms with Crippen molar-refractivity contribution in [2.24, 2.45) is 11.8 Å². The van der Waals surface area contributed by atoms with Crippen LogP contribution in [-0.2, 0) is 4.79 Å². The minimum Gasteiger partial charge on any atom is -0.480 e. The number of carboxylic acid groups (broad SMARTS) is 1. The Balaban J connectivity index is 2.82. The topological polar surface area (TPSA) is 69.6 Å². The van der Waals surface area contributed by atoms with Crippen molar-refractivity contribution < 1.29 is 14.7 Å². The Morgan fingerprint density at radius 1 is 1.24 bits per heavy atom. The Kier molecular flexibility index (Phi) is 6.05. The molecule has 5 nitrogen and oxygen atoms in total. The molecule has 0 aromatic heterocycles. The lowest BCUT2D eigenvalue weighted by atomic mass is 9.77. The van der Waals surface area contributed by atoms with Crippen molar-refractivity contribution in [1.29, 1.82) is 0 Å². The lowest BCUT2D eigenvalue weighted by Crippen LogP contribution is -2.60. The third-order valence-electron chi connectivity index (χ3n) is 4.33. The van der Waals surface area contributed by atoms with Gasteiger partial charge in [-0.25, -0.2) is 9.59 Å². The number of nitrogens with one attached hydrogen (secondary N) is 1. The van der Waals surface area contributed by atoms with E-state index in [9.17, 15) is 14.7 Å². The molecule has 0 aromatic rings. The molecule has 0 radical (unpaired) electrons. The van der Waals surface area contributed by atoms with Gasteiger partial charge in [-0.15, -0.1) is 0 Å². The van der Waals surface area contributed by atoms with E-state index in [1.807, 2.05) is 13.8 Å². The number of carbonyl (C=O) groups is 2. The minimum absolute atomic E-state index is 0.0563. The van der Waals surface area contributed by atoms with Gasteiger partial charge in [-0.3, -0.25) is 0 Å². The molecule has 1 aliphatic rings. The summed E-state index contributed by atoms with van der Waals surface area (Å²) >= 11 is 0. The van der Waals surface area contributed by atoms with Gasteiger partial charge in [0.15, 0.2) is 0 Å². The van der Waals surface area contributed by atoms with Crippen molar-refractivity contribution in [3.63, 3.8) is 0 Å². The Bertz CT molecular complexity index is 372. The molecule has 1 saturated carbocycles. The van der Waals surface area contributed by atoms with E-state index >= 15 is 0 Å². The van der Waals surface area contributed by atoms with E-state index in [1.54, 1.807) is 4.90 Å². The maximum absolute atomic E-state index is 12.5. The van der Waals surface area contributed by atoms with Gasteiger partial charge in [0.2, 0.25) is 0 Å². The standard InChI is InChI=1S/C16H30N2O3/c1-11(2)10-18(12(3)4)15(21)17-16(14(19)20)8-6-13(5)7-9-16/h11-13H,6-10H2,1-5H3,(H,17,21)(H,19,20). The number of nitrogens with zero attached hydrogens (tertiary/aromatic N) is 1. The molecule has 0 atom stereocenters. The van der Waals surface area contributed by atoms with Crippen LogP contribution in [0.5, 0.6) is 0 Å². The average molecular weight is 298 g/mol. The van der Waals surface area contributed by atoms with Gasteiger partial charge in [0, 0.05) is 12.6 Å². The summed E-state index contributed by atoms with van der Waals surface area (Å²) in [6.07, 6.45) is 2.72. The molecule has 2 N–H and O–H groups in total. The highest BCUT2D eigenvalue weighted by molar-refractivity contribution is 5.86. The predicted octanol–water partition coefficient (Wildman–Crippen LogP) is 3.10. The molecular weight excluding hydrogens is 268 g/mol. The molecule has 1 rings (SSSR count). The summed E-state index contributed by atoms with van der Waals surface area (Å²) in [6.45, 7) is 10.8. The minimum atomic E-state index is -1.09. The van der Waals surface area contributed by atoms with Gasteiger partial charge < -0.3 is 15.3 Å². The second kappa shape index (κ2) is 7.14. The lowest BCUT2D eigenvalue weighted by Gasteiger charge is -2.39. The van der Waals surface area contributed by atoms with Crippen LogP contribution >= 0.6 is 0 Å². The SMILES string of the molecule is CC(C)CN(C(=O)NC1(C(=O)O)CCC(C)CC1)C(C)C. The van der Waals surface area contributed by atoms with Crippen molar-refractivity contribution in [1.82, 2.24) is 10.2 Å². The molecular formula is C16H30N2O3. The second-order valence-corrected chi connectivity index (χ2v) is 7.14. The maximum atomic E-state index is 12.5. The van der Waals surface area contributed by atoms with Crippen LogP contribution in [0, 0.1) is 11.8 Å². The van der Waals surface area contributed by atoms with Crippen molar-refractivity contribution in [2.45, 2.75) is 71.9 Å². The third-order valence-corrected chi connectivity index (χ3v) is 4.33. The molecule has 1 fully saturated rings. The second-order valence-electron chi connectivity index (χ2n) is 7.14. The van der Waals surface area contributed by atoms with E-state index in [4.69, 9.17) is 0 Å². The van der Waals surface area contributed by atoms with E-state index in [1.165, 1.54) is 0 Å². The molecule has 5 heteroatoms. The van der Waals surface area contributed by atoms with Gasteiger partial charge in [-0.05, 0) is 51.4 Å². The monoisotopic (exact) mass is 298 g/mol. The Labute approximate surface area is 128 Å². The zero-order chi connectivity index (χ0) is 16.2. The summed E-state index contributed by atoms with van der Waals surface area (Å²) < 4.78 is 0. The number of hydrogen-bond donors (Lipinski definition) is 2. The first-order valence-corrected chi connectivity index (χ1v) is 8.00. The third kappa shape index (κ3) is 4.61. The number of amides is 2. The van der Waals surface area contributed by atoms with E-state index in [0.717, 1.165) is 12.8 Å². The number of rotatable bonds is 5. The molecule has 0 bridgehead atoms. The molecule has 1 aliphatic carbocycles. The van der Waals surface area contributed by atoms with Crippen molar-refractivity contribution >= 4 is 12.0 Å². The Morgan fingerprint density at radius 3 is 2.14 bits per heavy atom. The number of carbonyl (C=O) groups excluding carboxylic acids is 1. The quantitative estimate of drug-likeness (QED) is 0.819. The summed E-state index contributed by atoms with van der Waals surface area (Å²) in [7, 11) is 0. The van der Waals surface area contributed by atoms with E-state index in [-0.39, 0.29) is 12.1 Å². The first kappa shape index (κ1) is 17.8. The van der Waals surface area contributed by atoms with Gasteiger partial charge in [-0.1, -0.05) is 20.8 Å². The molecule has 2 amide bonds. The summed E-state index contributed by atoms with van der Waals surface area (Å²) in [6, 6.07) is -0.198. The van der Waals surface area contributed by atoms with E-state index < -0.39 is 11.5 Å². The summed E-state index contributed by atoms with van der Waals surface area (Å²) in [5.41, 5.74) is -1.09. The first-order chi connectivity index (χ1) is 9.68. The van der Waals surface area contributed by atoms with Crippen LogP contribution < -0.4 is 5.32 Å². The first-order valence-electron chi connectivity index (χ1n) is 8.00. The molecule has 122 valence electrons. The molecule has 0 saturated heterocycles. The normalized spacial score (nSPS) is 26.0. The Hall–Kier alpha value is -1.26. The van der Waals surface area contributed by atoms with Gasteiger partial charge in [-0.2, -0.15) is 0 Å². The highest BCUT2D eigenvalue weighted by Gasteiger charge is 2.43. The zero-order valence-electron chi connectivity index (χ0n) is 14.0. The molecule has 0 aliphatic heterocycles. The van der Waals surface area contributed by atoms with Crippen molar-refractivity contribution in [3.8, 4) is 0 Å². The van der Waals surface area contributed by atoms with Crippen LogP contribution in [0.25, 0.3) is 0 Å². The van der Waals surface area contributed by atoms with Crippen molar-refractivity contribution in [2.75, 3.05) is 6.54 Å². The van der Waals surface area contributed by atoms with Crippen LogP contribution in [0.1, 0.15) is 60.3 Å². The Morgan fingerprint density at radius 2 is 1.76 bits per heavy atom. The van der Waals surface area contributed by atoms with Crippen molar-refractivity contribution in [3.05, 3.63) is 0 Å². The highest BCUT2D eigenvalue weighted by atomic mass is 16.4. The average Bonchev–Trinajstić information content (AvgIpc) is 2.38. The molecule has 0 aromatic carbocycles. The summed E-state index contributed by atoms with van der Waals surface area (Å²) in [5, 5.41) is 12.4. The zero-order valence-corrected chi connectivity index (χ0v) is 14.0. The van der Waals surface area contributed by atoms with Crippen LogP contribution in [0.3, 0.4) is 0 Å². The number of urea groups is 1. The van der Waals surface area contributed by atoms with Crippen LogP contribution in [0.2, 0.25) is 0 Å². The maximum Gasteiger partial charge on any atom is 0.329 e. The molecule has 21 heavy (non-hydrogen) atoms. The largest absolute Gasteiger partial charge is 0.480 e. The van der Waals surface area contributed by atoms with Crippen LogP contribution in [0.15, 0.2) is 0 Å². The molecule has 0 heterocycles. The van der Waals surface area contributed by atoms with Gasteiger partial charge in [0.05, 0.1) is 0 Å². The number of hydrogen-bond acceptors (Lipinski definition) is 2. The fourth-order valence-electron chi connectivity index (χ4n) is 2.85. The lowest BCUT2D eigenvalue weighted by molar-refractivity contribution is -0.146. The predicted molar refractivity (Wildman–Crippen MR) is 83.2 cm³/mol. The summed E-state index contributed by atoms with van der Waals surface area (Å²) in [4.78, 5) is 26.0. The fourth-order valence-corrected chi connectivity index (χ4v) is 2.85. The fraction of sp³-hybridized carbons (Fsp3) is 0.875. The van der Waals surface area contributed by atoms with Gasteiger partial charge in [0.1, 0.15) is 5.54 Å². The molecule has 0 unspecified atom stereocenters.